The van der Waals surface area contributed by atoms with Crippen LogP contribution in [-0.2, 0) is 6.61 Å². The van der Waals surface area contributed by atoms with E-state index in [2.05, 4.69) is 10.3 Å². The van der Waals surface area contributed by atoms with Crippen molar-refractivity contribution in [3.63, 3.8) is 0 Å². The molecule has 0 radical (unpaired) electrons. The van der Waals surface area contributed by atoms with Gasteiger partial charge in [-0.1, -0.05) is 13.0 Å². The van der Waals surface area contributed by atoms with E-state index in [1.54, 1.807) is 30.6 Å². The van der Waals surface area contributed by atoms with Crippen LogP contribution in [0.2, 0.25) is 0 Å². The molecule has 0 aliphatic rings. The number of aliphatic hydroxyl groups excluding tert-OH is 1. The summed E-state index contributed by atoms with van der Waals surface area (Å²) in [5.74, 6) is 0.729. The Balaban J connectivity index is 1.86. The maximum Gasteiger partial charge on any atom is 0.251 e. The molecule has 6 heteroatoms. The maximum atomic E-state index is 12.2. The number of carbonyl (C=O) groups is 1. The second-order valence-corrected chi connectivity index (χ2v) is 6.41. The second-order valence-electron chi connectivity index (χ2n) is 5.70. The highest BCUT2D eigenvalue weighted by atomic mass is 32.1. The van der Waals surface area contributed by atoms with E-state index in [0.29, 0.717) is 30.9 Å². The number of carbonyl (C=O) groups excluding carboxylic acids is 1. The number of amides is 1. The first-order valence-corrected chi connectivity index (χ1v) is 8.55. The van der Waals surface area contributed by atoms with E-state index in [4.69, 9.17) is 4.74 Å². The summed E-state index contributed by atoms with van der Waals surface area (Å²) >= 11 is 1.52. The molecule has 0 saturated carbocycles. The van der Waals surface area contributed by atoms with Gasteiger partial charge in [-0.3, -0.25) is 4.79 Å². The largest absolute Gasteiger partial charge is 0.487 e. The van der Waals surface area contributed by atoms with E-state index in [0.717, 1.165) is 5.69 Å². The SMILES string of the molecule is CC(O)CC(C)CNC(=O)c1cccc(OCc2cscn2)c1. The molecule has 0 aliphatic carbocycles. The molecule has 2 N–H and O–H groups in total. The van der Waals surface area contributed by atoms with Crippen LogP contribution >= 0.6 is 11.3 Å². The van der Waals surface area contributed by atoms with Gasteiger partial charge < -0.3 is 15.2 Å². The van der Waals surface area contributed by atoms with Gasteiger partial charge in [0.25, 0.3) is 5.91 Å². The van der Waals surface area contributed by atoms with Crippen LogP contribution in [0.3, 0.4) is 0 Å². The maximum absolute atomic E-state index is 12.2. The molecule has 0 fully saturated rings. The van der Waals surface area contributed by atoms with Crippen molar-refractivity contribution in [2.45, 2.75) is 33.0 Å². The standard InChI is InChI=1S/C17H22N2O3S/c1-12(6-13(2)20)8-18-17(21)14-4-3-5-16(7-14)22-9-15-10-23-11-19-15/h3-5,7,10-13,20H,6,8-9H2,1-2H3,(H,18,21). The molecule has 124 valence electrons. The zero-order valence-electron chi connectivity index (χ0n) is 13.4. The molecule has 1 heterocycles. The van der Waals surface area contributed by atoms with Crippen molar-refractivity contribution in [3.8, 4) is 5.75 Å². The number of hydrogen-bond donors (Lipinski definition) is 2. The quantitative estimate of drug-likeness (QED) is 0.779. The highest BCUT2D eigenvalue weighted by Gasteiger charge is 2.10. The number of ether oxygens (including phenoxy) is 1. The van der Waals surface area contributed by atoms with Gasteiger partial charge in [0, 0.05) is 17.5 Å². The van der Waals surface area contributed by atoms with Crippen LogP contribution in [0.25, 0.3) is 0 Å². The zero-order valence-corrected chi connectivity index (χ0v) is 14.2. The Kier molecular flexibility index (Phi) is 6.55. The van der Waals surface area contributed by atoms with Gasteiger partial charge in [-0.15, -0.1) is 11.3 Å². The molecule has 2 rings (SSSR count). The minimum absolute atomic E-state index is 0.137. The predicted octanol–water partition coefficient (Wildman–Crippen LogP) is 2.86. The third-order valence-corrected chi connectivity index (χ3v) is 3.96. The number of rotatable bonds is 8. The van der Waals surface area contributed by atoms with Crippen molar-refractivity contribution in [2.75, 3.05) is 6.54 Å². The normalized spacial score (nSPS) is 13.3. The Morgan fingerprint density at radius 3 is 2.96 bits per heavy atom. The molecule has 0 bridgehead atoms. The molecule has 2 atom stereocenters. The van der Waals surface area contributed by atoms with Gasteiger partial charge in [-0.05, 0) is 37.5 Å². The van der Waals surface area contributed by atoms with Crippen LogP contribution in [0.4, 0.5) is 0 Å². The summed E-state index contributed by atoms with van der Waals surface area (Å²) in [4.78, 5) is 16.3. The van der Waals surface area contributed by atoms with E-state index >= 15 is 0 Å². The third kappa shape index (κ3) is 6.00. The minimum atomic E-state index is -0.357. The first-order chi connectivity index (χ1) is 11.0. The van der Waals surface area contributed by atoms with Crippen LogP contribution < -0.4 is 10.1 Å². The molecule has 0 spiro atoms. The number of aromatic nitrogens is 1. The van der Waals surface area contributed by atoms with Crippen molar-refractivity contribution in [1.82, 2.24) is 10.3 Å². The summed E-state index contributed by atoms with van der Waals surface area (Å²) in [7, 11) is 0. The summed E-state index contributed by atoms with van der Waals surface area (Å²) in [6.45, 7) is 4.68. The Bertz CT molecular complexity index is 614. The Hall–Kier alpha value is -1.92. The fourth-order valence-electron chi connectivity index (χ4n) is 2.23. The summed E-state index contributed by atoms with van der Waals surface area (Å²) in [5, 5.41) is 14.2. The van der Waals surface area contributed by atoms with Crippen LogP contribution in [-0.4, -0.2) is 28.6 Å². The summed E-state index contributed by atoms with van der Waals surface area (Å²) in [6, 6.07) is 7.09. The molecule has 1 aromatic carbocycles. The smallest absolute Gasteiger partial charge is 0.251 e. The fourth-order valence-corrected chi connectivity index (χ4v) is 2.77. The van der Waals surface area contributed by atoms with Crippen molar-refractivity contribution in [2.24, 2.45) is 5.92 Å². The van der Waals surface area contributed by atoms with Crippen molar-refractivity contribution in [3.05, 3.63) is 46.4 Å². The van der Waals surface area contributed by atoms with Gasteiger partial charge in [0.1, 0.15) is 12.4 Å². The number of hydrogen-bond acceptors (Lipinski definition) is 5. The van der Waals surface area contributed by atoms with Crippen molar-refractivity contribution in [1.29, 1.82) is 0 Å². The molecule has 0 saturated heterocycles. The molecule has 5 nitrogen and oxygen atoms in total. The highest BCUT2D eigenvalue weighted by Crippen LogP contribution is 2.15. The van der Waals surface area contributed by atoms with Gasteiger partial charge in [0.05, 0.1) is 17.3 Å². The Labute approximate surface area is 140 Å². The number of nitrogens with zero attached hydrogens (tertiary/aromatic N) is 1. The van der Waals surface area contributed by atoms with E-state index in [1.165, 1.54) is 11.3 Å². The minimum Gasteiger partial charge on any atom is -0.487 e. The lowest BCUT2D eigenvalue weighted by Gasteiger charge is -2.14. The third-order valence-electron chi connectivity index (χ3n) is 3.32. The molecule has 0 aliphatic heterocycles. The summed E-state index contributed by atoms with van der Waals surface area (Å²) in [6.07, 6.45) is 0.307. The molecule has 2 aromatic rings. The van der Waals surface area contributed by atoms with Crippen LogP contribution in [0.5, 0.6) is 5.75 Å². The van der Waals surface area contributed by atoms with Gasteiger partial charge in [0.2, 0.25) is 0 Å². The molecule has 1 aromatic heterocycles. The summed E-state index contributed by atoms with van der Waals surface area (Å²) in [5.41, 5.74) is 3.19. The van der Waals surface area contributed by atoms with E-state index in [9.17, 15) is 9.90 Å². The topological polar surface area (TPSA) is 71.5 Å². The zero-order chi connectivity index (χ0) is 16.7. The first kappa shape index (κ1) is 17.4. The number of thiazole rings is 1. The van der Waals surface area contributed by atoms with Crippen molar-refractivity contribution >= 4 is 17.2 Å². The van der Waals surface area contributed by atoms with Crippen molar-refractivity contribution < 1.29 is 14.6 Å². The number of benzene rings is 1. The number of nitrogens with one attached hydrogen (secondary N) is 1. The van der Waals surface area contributed by atoms with Gasteiger partial charge in [-0.25, -0.2) is 4.98 Å². The van der Waals surface area contributed by atoms with E-state index < -0.39 is 0 Å². The van der Waals surface area contributed by atoms with Gasteiger partial charge in [0.15, 0.2) is 0 Å². The summed E-state index contributed by atoms with van der Waals surface area (Å²) < 4.78 is 5.65. The molecular weight excluding hydrogens is 312 g/mol. The van der Waals surface area contributed by atoms with Gasteiger partial charge in [-0.2, -0.15) is 0 Å². The Morgan fingerprint density at radius 2 is 2.26 bits per heavy atom. The average molecular weight is 334 g/mol. The van der Waals surface area contributed by atoms with Crippen LogP contribution in [0.15, 0.2) is 35.2 Å². The average Bonchev–Trinajstić information content (AvgIpc) is 3.03. The molecule has 2 unspecified atom stereocenters. The monoisotopic (exact) mass is 334 g/mol. The van der Waals surface area contributed by atoms with Crippen LogP contribution in [0.1, 0.15) is 36.3 Å². The second kappa shape index (κ2) is 8.64. The van der Waals surface area contributed by atoms with E-state index in [-0.39, 0.29) is 17.9 Å². The highest BCUT2D eigenvalue weighted by molar-refractivity contribution is 7.07. The predicted molar refractivity (Wildman–Crippen MR) is 90.7 cm³/mol. The number of aliphatic hydroxyl groups is 1. The molecule has 23 heavy (non-hydrogen) atoms. The first-order valence-electron chi connectivity index (χ1n) is 7.60. The molecule has 1 amide bonds. The Morgan fingerprint density at radius 1 is 1.43 bits per heavy atom. The fraction of sp³-hybridized carbons (Fsp3) is 0.412. The lowest BCUT2D eigenvalue weighted by atomic mass is 10.0. The molecular formula is C17H22N2O3S. The lowest BCUT2D eigenvalue weighted by molar-refractivity contribution is 0.0939. The lowest BCUT2D eigenvalue weighted by Crippen LogP contribution is -2.29. The van der Waals surface area contributed by atoms with Gasteiger partial charge >= 0.3 is 0 Å². The van der Waals surface area contributed by atoms with Crippen LogP contribution in [0, 0.1) is 5.92 Å². The van der Waals surface area contributed by atoms with E-state index in [1.807, 2.05) is 18.4 Å².